The third kappa shape index (κ3) is 4.14. The van der Waals surface area contributed by atoms with Gasteiger partial charge in [-0.2, -0.15) is 13.2 Å². The van der Waals surface area contributed by atoms with Crippen molar-refractivity contribution in [3.05, 3.63) is 42.7 Å². The summed E-state index contributed by atoms with van der Waals surface area (Å²) in [6, 6.07) is 10.5. The van der Waals surface area contributed by atoms with E-state index < -0.39 is 12.6 Å². The van der Waals surface area contributed by atoms with Crippen molar-refractivity contribution in [3.8, 4) is 17.2 Å². The van der Waals surface area contributed by atoms with E-state index in [4.69, 9.17) is 9.47 Å². The van der Waals surface area contributed by atoms with Crippen molar-refractivity contribution in [3.63, 3.8) is 0 Å². The number of hydrogen-bond acceptors (Lipinski definition) is 4. The molecule has 2 N–H and O–H groups in total. The van der Waals surface area contributed by atoms with Crippen LogP contribution < -0.4 is 14.8 Å². The van der Waals surface area contributed by atoms with E-state index >= 15 is 0 Å². The van der Waals surface area contributed by atoms with Crippen LogP contribution in [0.5, 0.6) is 17.2 Å². The number of rotatable bonds is 6. The molecule has 0 spiro atoms. The lowest BCUT2D eigenvalue weighted by molar-refractivity contribution is -0.131. The number of aromatic nitrogens is 2. The summed E-state index contributed by atoms with van der Waals surface area (Å²) >= 11 is 0. The first-order chi connectivity index (χ1) is 12.0. The number of hydrogen-bond donors (Lipinski definition) is 2. The molecule has 0 aliphatic heterocycles. The molecule has 0 aliphatic carbocycles. The standard InChI is InChI=1S/C17H16F3N3O2/c1-24-14-4-2-3-5-15(14)25-11-8-12(21-7-6-17(18,19)20)16-13(9-11)22-10-23-16/h2-5,8-10,21H,6-7H2,1H3,(H,22,23). The summed E-state index contributed by atoms with van der Waals surface area (Å²) in [4.78, 5) is 7.07. The summed E-state index contributed by atoms with van der Waals surface area (Å²) in [5, 5.41) is 2.77. The molecule has 8 heteroatoms. The Balaban J connectivity index is 1.86. The Bertz CT molecular complexity index is 862. The average Bonchev–Trinajstić information content (AvgIpc) is 3.03. The zero-order chi connectivity index (χ0) is 17.9. The van der Waals surface area contributed by atoms with Crippen molar-refractivity contribution in [2.24, 2.45) is 0 Å². The van der Waals surface area contributed by atoms with E-state index in [1.165, 1.54) is 13.4 Å². The van der Waals surface area contributed by atoms with Gasteiger partial charge in [-0.25, -0.2) is 4.98 Å². The number of halogens is 3. The van der Waals surface area contributed by atoms with E-state index in [0.717, 1.165) is 0 Å². The lowest BCUT2D eigenvalue weighted by Gasteiger charge is -2.13. The Morgan fingerprint density at radius 1 is 1.16 bits per heavy atom. The Labute approximate surface area is 141 Å². The highest BCUT2D eigenvalue weighted by atomic mass is 19.4. The van der Waals surface area contributed by atoms with E-state index in [9.17, 15) is 13.2 Å². The Morgan fingerprint density at radius 2 is 1.92 bits per heavy atom. The maximum atomic E-state index is 12.4. The van der Waals surface area contributed by atoms with Gasteiger partial charge in [-0.15, -0.1) is 0 Å². The molecule has 0 radical (unpaired) electrons. The lowest BCUT2D eigenvalue weighted by Crippen LogP contribution is -2.14. The number of fused-ring (bicyclic) bond motifs is 1. The first-order valence-electron chi connectivity index (χ1n) is 7.55. The minimum atomic E-state index is -4.22. The van der Waals surface area contributed by atoms with Crippen LogP contribution in [0.1, 0.15) is 6.42 Å². The van der Waals surface area contributed by atoms with Crippen molar-refractivity contribution in [1.82, 2.24) is 9.97 Å². The van der Waals surface area contributed by atoms with Gasteiger partial charge in [0.25, 0.3) is 0 Å². The normalized spacial score (nSPS) is 11.5. The number of imidazole rings is 1. The fourth-order valence-corrected chi connectivity index (χ4v) is 2.39. The SMILES string of the molecule is COc1ccccc1Oc1cc(NCCC(F)(F)F)c2nc[nH]c2c1. The van der Waals surface area contributed by atoms with Gasteiger partial charge < -0.3 is 19.8 Å². The van der Waals surface area contributed by atoms with E-state index in [2.05, 4.69) is 15.3 Å². The van der Waals surface area contributed by atoms with Crippen LogP contribution in [0.3, 0.4) is 0 Å². The van der Waals surface area contributed by atoms with Crippen LogP contribution in [0.25, 0.3) is 11.0 Å². The summed E-state index contributed by atoms with van der Waals surface area (Å²) in [6.45, 7) is -0.246. The van der Waals surface area contributed by atoms with E-state index in [1.54, 1.807) is 30.3 Å². The van der Waals surface area contributed by atoms with Gasteiger partial charge >= 0.3 is 6.18 Å². The summed E-state index contributed by atoms with van der Waals surface area (Å²) in [5.41, 5.74) is 1.67. The van der Waals surface area contributed by atoms with Crippen LogP contribution >= 0.6 is 0 Å². The molecule has 0 bridgehead atoms. The first kappa shape index (κ1) is 16.9. The van der Waals surface area contributed by atoms with Crippen molar-refractivity contribution < 1.29 is 22.6 Å². The van der Waals surface area contributed by atoms with E-state index in [0.29, 0.717) is 34.0 Å². The lowest BCUT2D eigenvalue weighted by atomic mass is 10.2. The maximum absolute atomic E-state index is 12.4. The number of aromatic amines is 1. The van der Waals surface area contributed by atoms with Gasteiger partial charge in [0.05, 0.1) is 31.1 Å². The largest absolute Gasteiger partial charge is 0.493 e. The summed E-state index contributed by atoms with van der Waals surface area (Å²) in [5.74, 6) is 1.51. The molecule has 0 aliphatic rings. The minimum absolute atomic E-state index is 0.246. The van der Waals surface area contributed by atoms with Gasteiger partial charge in [0, 0.05) is 18.7 Å². The molecule has 132 valence electrons. The third-order valence-corrected chi connectivity index (χ3v) is 3.52. The molecule has 0 unspecified atom stereocenters. The van der Waals surface area contributed by atoms with Gasteiger partial charge in [0.15, 0.2) is 11.5 Å². The second-order valence-corrected chi connectivity index (χ2v) is 5.31. The monoisotopic (exact) mass is 351 g/mol. The zero-order valence-corrected chi connectivity index (χ0v) is 13.4. The van der Waals surface area contributed by atoms with Gasteiger partial charge in [-0.3, -0.25) is 0 Å². The number of nitrogens with zero attached hydrogens (tertiary/aromatic N) is 1. The predicted molar refractivity (Wildman–Crippen MR) is 88.3 cm³/mol. The van der Waals surface area contributed by atoms with Crippen LogP contribution in [0, 0.1) is 0 Å². The fourth-order valence-electron chi connectivity index (χ4n) is 2.39. The van der Waals surface area contributed by atoms with Gasteiger partial charge in [0.1, 0.15) is 11.3 Å². The number of alkyl halides is 3. The number of methoxy groups -OCH3 is 1. The smallest absolute Gasteiger partial charge is 0.390 e. The number of anilines is 1. The predicted octanol–water partition coefficient (Wildman–Crippen LogP) is 4.73. The Morgan fingerprint density at radius 3 is 2.64 bits per heavy atom. The fraction of sp³-hybridized carbons (Fsp3) is 0.235. The van der Waals surface area contributed by atoms with Gasteiger partial charge in [-0.1, -0.05) is 12.1 Å². The highest BCUT2D eigenvalue weighted by Crippen LogP contribution is 2.34. The molecule has 0 saturated heterocycles. The van der Waals surface area contributed by atoms with Gasteiger partial charge in [-0.05, 0) is 12.1 Å². The van der Waals surface area contributed by atoms with Crippen molar-refractivity contribution >= 4 is 16.7 Å². The second kappa shape index (κ2) is 6.92. The van der Waals surface area contributed by atoms with Crippen molar-refractivity contribution in [1.29, 1.82) is 0 Å². The van der Waals surface area contributed by atoms with Gasteiger partial charge in [0.2, 0.25) is 0 Å². The Hall–Kier alpha value is -2.90. The molecule has 1 aromatic heterocycles. The maximum Gasteiger partial charge on any atom is 0.390 e. The number of para-hydroxylation sites is 2. The van der Waals surface area contributed by atoms with Crippen molar-refractivity contribution in [2.75, 3.05) is 19.0 Å². The summed E-state index contributed by atoms with van der Waals surface area (Å²) < 4.78 is 48.2. The molecule has 0 atom stereocenters. The van der Waals surface area contributed by atoms with E-state index in [1.807, 2.05) is 6.07 Å². The highest BCUT2D eigenvalue weighted by Gasteiger charge is 2.26. The molecule has 25 heavy (non-hydrogen) atoms. The minimum Gasteiger partial charge on any atom is -0.493 e. The Kier molecular flexibility index (Phi) is 4.69. The summed E-state index contributed by atoms with van der Waals surface area (Å²) in [7, 11) is 1.53. The number of benzene rings is 2. The topological polar surface area (TPSA) is 59.2 Å². The highest BCUT2D eigenvalue weighted by molar-refractivity contribution is 5.89. The molecule has 0 saturated carbocycles. The molecule has 3 rings (SSSR count). The number of ether oxygens (including phenoxy) is 2. The van der Waals surface area contributed by atoms with Crippen LogP contribution in [-0.4, -0.2) is 29.8 Å². The third-order valence-electron chi connectivity index (χ3n) is 3.52. The molecule has 3 aromatic rings. The zero-order valence-electron chi connectivity index (χ0n) is 13.4. The molecule has 0 amide bonds. The van der Waals surface area contributed by atoms with E-state index in [-0.39, 0.29) is 6.54 Å². The van der Waals surface area contributed by atoms with Crippen LogP contribution in [0.4, 0.5) is 18.9 Å². The summed E-state index contributed by atoms with van der Waals surface area (Å²) in [6.07, 6.45) is -3.67. The molecular formula is C17H16F3N3O2. The molecule has 5 nitrogen and oxygen atoms in total. The van der Waals surface area contributed by atoms with Crippen LogP contribution in [0.15, 0.2) is 42.7 Å². The van der Waals surface area contributed by atoms with Crippen molar-refractivity contribution in [2.45, 2.75) is 12.6 Å². The molecule has 0 fully saturated rings. The molecule has 1 heterocycles. The first-order valence-corrected chi connectivity index (χ1v) is 7.55. The van der Waals surface area contributed by atoms with Crippen LogP contribution in [0.2, 0.25) is 0 Å². The number of H-pyrrole nitrogens is 1. The molecule has 2 aromatic carbocycles. The molecular weight excluding hydrogens is 335 g/mol. The average molecular weight is 351 g/mol. The quantitative estimate of drug-likeness (QED) is 0.674. The van der Waals surface area contributed by atoms with Crippen LogP contribution in [-0.2, 0) is 0 Å². The number of nitrogens with one attached hydrogen (secondary N) is 2. The second-order valence-electron chi connectivity index (χ2n) is 5.31.